The van der Waals surface area contributed by atoms with E-state index in [2.05, 4.69) is 15.6 Å². The number of ether oxygens (including phenoxy) is 3. The number of benzene rings is 1. The summed E-state index contributed by atoms with van der Waals surface area (Å²) < 4.78 is 15.4. The molecule has 0 aliphatic heterocycles. The lowest BCUT2D eigenvalue weighted by molar-refractivity contribution is -0.119. The number of carbonyl (C=O) groups is 2. The summed E-state index contributed by atoms with van der Waals surface area (Å²) in [5.74, 6) is -0.0522. The molecule has 8 nitrogen and oxygen atoms in total. The second kappa shape index (κ2) is 8.36. The van der Waals surface area contributed by atoms with Crippen LogP contribution in [0.4, 0.5) is 10.8 Å². The highest BCUT2D eigenvalue weighted by Crippen LogP contribution is 2.37. The van der Waals surface area contributed by atoms with E-state index in [1.807, 2.05) is 0 Å². The molecule has 9 heteroatoms. The summed E-state index contributed by atoms with van der Waals surface area (Å²) >= 11 is 1.50. The first kappa shape index (κ1) is 19.1. The van der Waals surface area contributed by atoms with Crippen molar-refractivity contribution in [3.63, 3.8) is 0 Å². The Morgan fingerprint density at radius 3 is 2.63 bits per heavy atom. The Kier molecular flexibility index (Phi) is 5.92. The van der Waals surface area contributed by atoms with Gasteiger partial charge in [0.15, 0.2) is 16.6 Å². The van der Waals surface area contributed by atoms with Crippen molar-refractivity contribution in [2.45, 2.75) is 19.3 Å². The minimum atomic E-state index is -0.369. The lowest BCUT2D eigenvalue weighted by Crippen LogP contribution is -2.19. The Labute approximate surface area is 160 Å². The summed E-state index contributed by atoms with van der Waals surface area (Å²) in [4.78, 5) is 30.3. The van der Waals surface area contributed by atoms with Gasteiger partial charge in [0.05, 0.1) is 25.6 Å². The van der Waals surface area contributed by atoms with Crippen LogP contribution in [-0.2, 0) is 22.4 Å². The van der Waals surface area contributed by atoms with E-state index in [0.29, 0.717) is 27.9 Å². The van der Waals surface area contributed by atoms with Crippen LogP contribution in [-0.4, -0.2) is 44.7 Å². The van der Waals surface area contributed by atoms with Gasteiger partial charge >= 0.3 is 0 Å². The van der Waals surface area contributed by atoms with E-state index >= 15 is 0 Å². The molecular weight excluding hydrogens is 370 g/mol. The lowest BCUT2D eigenvalue weighted by atomic mass is 10.1. The molecule has 27 heavy (non-hydrogen) atoms. The minimum Gasteiger partial charge on any atom is -0.493 e. The van der Waals surface area contributed by atoms with E-state index in [9.17, 15) is 9.59 Å². The fourth-order valence-corrected chi connectivity index (χ4v) is 3.96. The highest BCUT2D eigenvalue weighted by molar-refractivity contribution is 7.16. The number of carbonyl (C=O) groups excluding carboxylic acids is 2. The first-order valence-electron chi connectivity index (χ1n) is 8.40. The zero-order valence-electron chi connectivity index (χ0n) is 15.4. The molecule has 1 heterocycles. The van der Waals surface area contributed by atoms with Crippen molar-refractivity contribution in [2.75, 3.05) is 38.6 Å². The Bertz CT molecular complexity index is 843. The number of thiazole rings is 1. The van der Waals surface area contributed by atoms with Crippen LogP contribution in [0.5, 0.6) is 11.5 Å². The average Bonchev–Trinajstić information content (AvgIpc) is 3.22. The largest absolute Gasteiger partial charge is 0.493 e. The van der Waals surface area contributed by atoms with Gasteiger partial charge in [-0.1, -0.05) is 0 Å². The van der Waals surface area contributed by atoms with Gasteiger partial charge < -0.3 is 19.5 Å². The third-order valence-electron chi connectivity index (χ3n) is 4.11. The number of rotatable bonds is 7. The summed E-state index contributed by atoms with van der Waals surface area (Å²) in [7, 11) is 4.35. The van der Waals surface area contributed by atoms with Crippen molar-refractivity contribution in [3.05, 3.63) is 28.3 Å². The summed E-state index contributed by atoms with van der Waals surface area (Å²) in [6.07, 6.45) is 3.07. The van der Waals surface area contributed by atoms with E-state index in [-0.39, 0.29) is 18.4 Å². The van der Waals surface area contributed by atoms with Gasteiger partial charge in [0.2, 0.25) is 5.91 Å². The zero-order chi connectivity index (χ0) is 19.4. The van der Waals surface area contributed by atoms with Gasteiger partial charge in [-0.3, -0.25) is 14.9 Å². The molecule has 0 radical (unpaired) electrons. The summed E-state index contributed by atoms with van der Waals surface area (Å²) in [5, 5.41) is 6.06. The van der Waals surface area contributed by atoms with Crippen molar-refractivity contribution in [3.8, 4) is 11.5 Å². The highest BCUT2D eigenvalue weighted by atomic mass is 32.1. The molecule has 1 aliphatic carbocycles. The van der Waals surface area contributed by atoms with Crippen LogP contribution in [0.1, 0.15) is 27.3 Å². The third-order valence-corrected chi connectivity index (χ3v) is 5.18. The van der Waals surface area contributed by atoms with Crippen LogP contribution < -0.4 is 20.1 Å². The number of amides is 2. The van der Waals surface area contributed by atoms with Crippen molar-refractivity contribution in [1.82, 2.24) is 4.98 Å². The molecule has 3 rings (SSSR count). The normalized spacial score (nSPS) is 12.4. The van der Waals surface area contributed by atoms with Gasteiger partial charge in [-0.15, -0.1) is 11.3 Å². The first-order chi connectivity index (χ1) is 13.0. The molecule has 1 aromatic heterocycles. The molecule has 2 N–H and O–H groups in total. The highest BCUT2D eigenvalue weighted by Gasteiger charge is 2.21. The number of anilines is 2. The van der Waals surface area contributed by atoms with Crippen molar-refractivity contribution in [1.29, 1.82) is 0 Å². The zero-order valence-corrected chi connectivity index (χ0v) is 16.2. The van der Waals surface area contributed by atoms with Crippen LogP contribution in [0.15, 0.2) is 12.1 Å². The number of hydrogen-bond acceptors (Lipinski definition) is 7. The summed E-state index contributed by atoms with van der Waals surface area (Å²) in [6.45, 7) is -0.118. The summed E-state index contributed by atoms with van der Waals surface area (Å²) in [5.41, 5.74) is 1.71. The number of methoxy groups -OCH3 is 3. The van der Waals surface area contributed by atoms with Crippen LogP contribution in [0.2, 0.25) is 0 Å². The molecule has 0 saturated carbocycles. The molecular formula is C18H21N3O5S. The maximum atomic E-state index is 12.7. The van der Waals surface area contributed by atoms with Crippen LogP contribution in [0.25, 0.3) is 0 Å². The smallest absolute Gasteiger partial charge is 0.257 e. The van der Waals surface area contributed by atoms with Crippen LogP contribution in [0.3, 0.4) is 0 Å². The second-order valence-electron chi connectivity index (χ2n) is 5.94. The van der Waals surface area contributed by atoms with Crippen molar-refractivity contribution >= 4 is 34.0 Å². The van der Waals surface area contributed by atoms with Gasteiger partial charge in [-0.05, 0) is 31.4 Å². The van der Waals surface area contributed by atoms with Gasteiger partial charge in [-0.25, -0.2) is 4.98 Å². The summed E-state index contributed by atoms with van der Waals surface area (Å²) in [6, 6.07) is 3.09. The second-order valence-corrected chi connectivity index (χ2v) is 7.02. The maximum absolute atomic E-state index is 12.7. The molecule has 0 atom stereocenters. The molecule has 2 amide bonds. The van der Waals surface area contributed by atoms with Crippen molar-refractivity contribution < 1.29 is 23.8 Å². The maximum Gasteiger partial charge on any atom is 0.257 e. The first-order valence-corrected chi connectivity index (χ1v) is 9.22. The predicted octanol–water partition coefficient (Wildman–Crippen LogP) is 2.49. The van der Waals surface area contributed by atoms with E-state index in [4.69, 9.17) is 14.2 Å². The topological polar surface area (TPSA) is 98.8 Å². The number of hydrogen-bond donors (Lipinski definition) is 2. The molecule has 0 bridgehead atoms. The number of nitrogens with one attached hydrogen (secondary N) is 2. The molecule has 0 saturated heterocycles. The molecule has 0 unspecified atom stereocenters. The Morgan fingerprint density at radius 2 is 1.96 bits per heavy atom. The monoisotopic (exact) mass is 391 g/mol. The number of aryl methyl sites for hydroxylation is 2. The van der Waals surface area contributed by atoms with E-state index in [0.717, 1.165) is 25.0 Å². The Hall–Kier alpha value is -2.65. The Balaban J connectivity index is 1.86. The number of aromatic nitrogens is 1. The van der Waals surface area contributed by atoms with Gasteiger partial charge in [0.1, 0.15) is 6.61 Å². The molecule has 1 aliphatic rings. The molecule has 1 aromatic carbocycles. The van der Waals surface area contributed by atoms with E-state index < -0.39 is 0 Å². The fraction of sp³-hybridized carbons (Fsp3) is 0.389. The quantitative estimate of drug-likeness (QED) is 0.752. The molecule has 2 aromatic rings. The van der Waals surface area contributed by atoms with Crippen LogP contribution >= 0.6 is 11.3 Å². The van der Waals surface area contributed by atoms with Crippen molar-refractivity contribution in [2.24, 2.45) is 0 Å². The van der Waals surface area contributed by atoms with E-state index in [1.54, 1.807) is 6.07 Å². The predicted molar refractivity (Wildman–Crippen MR) is 102 cm³/mol. The van der Waals surface area contributed by atoms with Gasteiger partial charge in [0, 0.05) is 17.6 Å². The van der Waals surface area contributed by atoms with Gasteiger partial charge in [-0.2, -0.15) is 0 Å². The fourth-order valence-electron chi connectivity index (χ4n) is 2.92. The van der Waals surface area contributed by atoms with Gasteiger partial charge in [0.25, 0.3) is 5.91 Å². The molecule has 0 spiro atoms. The van der Waals surface area contributed by atoms with Crippen LogP contribution in [0, 0.1) is 0 Å². The lowest BCUT2D eigenvalue weighted by Gasteiger charge is -2.15. The SMILES string of the molecule is COCC(=O)Nc1cc(C(=O)Nc2nc3c(s2)CCC3)cc(OC)c1OC. The molecule has 0 fully saturated rings. The molecule has 144 valence electrons. The Morgan fingerprint density at radius 1 is 1.15 bits per heavy atom. The average molecular weight is 391 g/mol. The minimum absolute atomic E-state index is 0.118. The third kappa shape index (κ3) is 4.20. The number of fused-ring (bicyclic) bond motifs is 1. The van der Waals surface area contributed by atoms with E-state index in [1.165, 1.54) is 43.6 Å². The number of nitrogens with zero attached hydrogens (tertiary/aromatic N) is 1. The standard InChI is InChI=1S/C18H21N3O5S/c1-24-9-15(22)19-12-7-10(8-13(25-2)16(12)26-3)17(23)21-18-20-11-5-4-6-14(11)27-18/h7-8H,4-6,9H2,1-3H3,(H,19,22)(H,20,21,23).